The smallest absolute Gasteiger partial charge is 0.336 e. The van der Waals surface area contributed by atoms with Crippen molar-refractivity contribution >= 4 is 11.8 Å². The van der Waals surface area contributed by atoms with Gasteiger partial charge in [0.1, 0.15) is 0 Å². The number of carboxylic acids is 1. The van der Waals surface area contributed by atoms with E-state index in [-0.39, 0.29) is 16.9 Å². The van der Waals surface area contributed by atoms with Crippen molar-refractivity contribution in [3.63, 3.8) is 0 Å². The fourth-order valence-corrected chi connectivity index (χ4v) is 2.36. The summed E-state index contributed by atoms with van der Waals surface area (Å²) in [4.78, 5) is 28.2. The first kappa shape index (κ1) is 14.7. The van der Waals surface area contributed by atoms with E-state index in [1.165, 1.54) is 12.1 Å². The quantitative estimate of drug-likeness (QED) is 0.747. The first-order valence-electron chi connectivity index (χ1n) is 7.05. The number of hydrogen-bond acceptors (Lipinski definition) is 3. The molecule has 0 unspecified atom stereocenters. The minimum atomic E-state index is -1.12. The van der Waals surface area contributed by atoms with Gasteiger partial charge in [-0.25, -0.2) is 4.79 Å². The molecule has 2 aromatic carbocycles. The lowest BCUT2D eigenvalue weighted by Crippen LogP contribution is -2.09. The number of ketones is 1. The zero-order chi connectivity index (χ0) is 16.2. The molecule has 3 rings (SSSR count). The number of hydrogen-bond donors (Lipinski definition) is 1. The molecule has 0 saturated heterocycles. The molecule has 0 atom stereocenters. The van der Waals surface area contributed by atoms with Crippen LogP contribution in [-0.2, 0) is 0 Å². The zero-order valence-corrected chi connectivity index (χ0v) is 12.1. The van der Waals surface area contributed by atoms with Gasteiger partial charge in [0.25, 0.3) is 0 Å². The number of carbonyl (C=O) groups is 2. The molecule has 4 heteroatoms. The Hall–Kier alpha value is -3.27. The second kappa shape index (κ2) is 6.23. The normalized spacial score (nSPS) is 10.3. The average Bonchev–Trinajstić information content (AvgIpc) is 2.62. The maximum absolute atomic E-state index is 12.7. The second-order valence-electron chi connectivity index (χ2n) is 4.98. The van der Waals surface area contributed by atoms with Gasteiger partial charge in [-0.1, -0.05) is 48.5 Å². The number of pyridine rings is 1. The van der Waals surface area contributed by atoms with Crippen molar-refractivity contribution in [2.45, 2.75) is 0 Å². The minimum Gasteiger partial charge on any atom is -0.478 e. The molecule has 0 aliphatic rings. The van der Waals surface area contributed by atoms with Gasteiger partial charge in [-0.15, -0.1) is 0 Å². The number of aromatic carboxylic acids is 1. The molecule has 0 amide bonds. The predicted octanol–water partition coefficient (Wildman–Crippen LogP) is 3.68. The molecular weight excluding hydrogens is 290 g/mol. The molecule has 0 bridgehead atoms. The highest BCUT2D eigenvalue weighted by Crippen LogP contribution is 2.20. The van der Waals surface area contributed by atoms with E-state index in [4.69, 9.17) is 0 Å². The van der Waals surface area contributed by atoms with E-state index in [1.54, 1.807) is 30.5 Å². The molecule has 0 radical (unpaired) electrons. The third-order valence-electron chi connectivity index (χ3n) is 3.49. The van der Waals surface area contributed by atoms with E-state index in [9.17, 15) is 14.7 Å². The number of rotatable bonds is 4. The average molecular weight is 303 g/mol. The number of nitrogens with zero attached hydrogens (tertiary/aromatic N) is 1. The summed E-state index contributed by atoms with van der Waals surface area (Å²) in [7, 11) is 0. The number of carboxylic acid groups (broad SMARTS) is 1. The van der Waals surface area contributed by atoms with E-state index in [0.29, 0.717) is 11.3 Å². The fraction of sp³-hybridized carbons (Fsp3) is 0. The maximum Gasteiger partial charge on any atom is 0.336 e. The summed E-state index contributed by atoms with van der Waals surface area (Å²) >= 11 is 0. The molecule has 1 heterocycles. The Kier molecular flexibility index (Phi) is 3.97. The van der Waals surface area contributed by atoms with E-state index in [2.05, 4.69) is 4.98 Å². The highest BCUT2D eigenvalue weighted by atomic mass is 16.4. The first-order valence-corrected chi connectivity index (χ1v) is 7.05. The molecule has 0 saturated carbocycles. The standard InChI is InChI=1S/C19H13NO3/c21-18(15-8-4-5-9-16(15)19(22)23)14-10-11-20-17(12-14)13-6-2-1-3-7-13/h1-12H,(H,22,23). The predicted molar refractivity (Wildman–Crippen MR) is 86.5 cm³/mol. The monoisotopic (exact) mass is 303 g/mol. The van der Waals surface area contributed by atoms with Crippen LogP contribution in [0.3, 0.4) is 0 Å². The summed E-state index contributed by atoms with van der Waals surface area (Å²) in [5.74, 6) is -1.45. The van der Waals surface area contributed by atoms with Crippen LogP contribution in [0.1, 0.15) is 26.3 Å². The number of carbonyl (C=O) groups excluding carboxylic acids is 1. The Morgan fingerprint density at radius 3 is 2.17 bits per heavy atom. The van der Waals surface area contributed by atoms with Crippen molar-refractivity contribution in [2.24, 2.45) is 0 Å². The van der Waals surface area contributed by atoms with Gasteiger partial charge in [0.2, 0.25) is 0 Å². The Balaban J connectivity index is 2.03. The van der Waals surface area contributed by atoms with E-state index >= 15 is 0 Å². The van der Waals surface area contributed by atoms with Crippen molar-refractivity contribution in [3.8, 4) is 11.3 Å². The summed E-state index contributed by atoms with van der Waals surface area (Å²) in [6, 6.07) is 19.0. The maximum atomic E-state index is 12.7. The van der Waals surface area contributed by atoms with Crippen LogP contribution >= 0.6 is 0 Å². The molecule has 4 nitrogen and oxygen atoms in total. The molecule has 0 aliphatic carbocycles. The van der Waals surface area contributed by atoms with Crippen LogP contribution in [-0.4, -0.2) is 21.8 Å². The molecular formula is C19H13NO3. The summed E-state index contributed by atoms with van der Waals surface area (Å²) < 4.78 is 0. The van der Waals surface area contributed by atoms with Gasteiger partial charge in [0.05, 0.1) is 11.3 Å². The molecule has 0 fully saturated rings. The van der Waals surface area contributed by atoms with Gasteiger partial charge in [0, 0.05) is 22.9 Å². The first-order chi connectivity index (χ1) is 11.2. The SMILES string of the molecule is O=C(O)c1ccccc1C(=O)c1ccnc(-c2ccccc2)c1. The third kappa shape index (κ3) is 3.01. The molecule has 3 aromatic rings. The summed E-state index contributed by atoms with van der Waals surface area (Å²) in [5.41, 5.74) is 2.14. The van der Waals surface area contributed by atoms with E-state index < -0.39 is 5.97 Å². The Morgan fingerprint density at radius 2 is 1.48 bits per heavy atom. The second-order valence-corrected chi connectivity index (χ2v) is 4.98. The van der Waals surface area contributed by atoms with E-state index in [0.717, 1.165) is 5.56 Å². The van der Waals surface area contributed by atoms with Crippen molar-refractivity contribution < 1.29 is 14.7 Å². The molecule has 23 heavy (non-hydrogen) atoms. The Morgan fingerprint density at radius 1 is 0.826 bits per heavy atom. The third-order valence-corrected chi connectivity index (χ3v) is 3.49. The largest absolute Gasteiger partial charge is 0.478 e. The number of aromatic nitrogens is 1. The van der Waals surface area contributed by atoms with Crippen LogP contribution in [0, 0.1) is 0 Å². The van der Waals surface area contributed by atoms with Gasteiger partial charge in [-0.05, 0) is 18.2 Å². The van der Waals surface area contributed by atoms with Gasteiger partial charge >= 0.3 is 5.97 Å². The highest BCUT2D eigenvalue weighted by molar-refractivity contribution is 6.14. The van der Waals surface area contributed by atoms with Crippen LogP contribution in [0.2, 0.25) is 0 Å². The van der Waals surface area contributed by atoms with Crippen molar-refractivity contribution in [2.75, 3.05) is 0 Å². The van der Waals surface area contributed by atoms with E-state index in [1.807, 2.05) is 30.3 Å². The molecule has 1 N–H and O–H groups in total. The lowest BCUT2D eigenvalue weighted by Gasteiger charge is -2.07. The fourth-order valence-electron chi connectivity index (χ4n) is 2.36. The zero-order valence-electron chi connectivity index (χ0n) is 12.1. The minimum absolute atomic E-state index is 0.00410. The van der Waals surface area contributed by atoms with Gasteiger partial charge in [0.15, 0.2) is 5.78 Å². The number of benzene rings is 2. The van der Waals surface area contributed by atoms with Gasteiger partial charge in [-0.3, -0.25) is 9.78 Å². The van der Waals surface area contributed by atoms with Crippen LogP contribution < -0.4 is 0 Å². The lowest BCUT2D eigenvalue weighted by molar-refractivity contribution is 0.0693. The molecule has 112 valence electrons. The summed E-state index contributed by atoms with van der Waals surface area (Å²) in [6.45, 7) is 0. The summed E-state index contributed by atoms with van der Waals surface area (Å²) in [5, 5.41) is 9.23. The molecule has 0 spiro atoms. The van der Waals surface area contributed by atoms with Crippen molar-refractivity contribution in [3.05, 3.63) is 89.6 Å². The highest BCUT2D eigenvalue weighted by Gasteiger charge is 2.17. The topological polar surface area (TPSA) is 67.3 Å². The Labute approximate surface area is 133 Å². The van der Waals surface area contributed by atoms with Crippen molar-refractivity contribution in [1.82, 2.24) is 4.98 Å². The van der Waals surface area contributed by atoms with Crippen LogP contribution in [0.15, 0.2) is 72.9 Å². The van der Waals surface area contributed by atoms with Crippen LogP contribution in [0.5, 0.6) is 0 Å². The molecule has 1 aromatic heterocycles. The van der Waals surface area contributed by atoms with Gasteiger partial charge in [-0.2, -0.15) is 0 Å². The van der Waals surface area contributed by atoms with Crippen molar-refractivity contribution in [1.29, 1.82) is 0 Å². The van der Waals surface area contributed by atoms with Crippen LogP contribution in [0.25, 0.3) is 11.3 Å². The Bertz CT molecular complexity index is 873. The molecule has 0 aliphatic heterocycles. The van der Waals surface area contributed by atoms with Gasteiger partial charge < -0.3 is 5.11 Å². The lowest BCUT2D eigenvalue weighted by atomic mass is 9.98. The van der Waals surface area contributed by atoms with Crippen LogP contribution in [0.4, 0.5) is 0 Å². The summed E-state index contributed by atoms with van der Waals surface area (Å²) in [6.07, 6.45) is 1.55.